The topological polar surface area (TPSA) is 57.9 Å². The number of amides is 2. The zero-order valence-electron chi connectivity index (χ0n) is 15.3. The summed E-state index contributed by atoms with van der Waals surface area (Å²) in [7, 11) is 0. The number of aryl methyl sites for hydroxylation is 2. The van der Waals surface area contributed by atoms with Crippen LogP contribution in [0, 0.1) is 6.92 Å². The number of carbonyl (C=O) groups is 2. The molecule has 27 heavy (non-hydrogen) atoms. The van der Waals surface area contributed by atoms with E-state index < -0.39 is 0 Å². The number of fused-ring (bicyclic) bond motifs is 1. The third-order valence-corrected chi connectivity index (χ3v) is 4.93. The van der Waals surface area contributed by atoms with Crippen LogP contribution in [0.5, 0.6) is 0 Å². The van der Waals surface area contributed by atoms with Crippen molar-refractivity contribution in [3.8, 4) is 0 Å². The highest BCUT2D eigenvalue weighted by Gasteiger charge is 2.27. The zero-order chi connectivity index (χ0) is 18.8. The maximum Gasteiger partial charge on any atom is 0.246 e. The Morgan fingerprint density at radius 1 is 1.11 bits per heavy atom. The first-order valence-electron chi connectivity index (χ1n) is 9.17. The number of piperazine rings is 1. The normalized spacial score (nSPS) is 14.8. The number of aromatic nitrogens is 2. The fourth-order valence-electron chi connectivity index (χ4n) is 3.38. The van der Waals surface area contributed by atoms with Gasteiger partial charge in [-0.25, -0.2) is 4.98 Å². The molecule has 138 valence electrons. The molecular formula is C21H22N4O2. The Bertz CT molecular complexity index is 944. The lowest BCUT2D eigenvalue weighted by Crippen LogP contribution is -2.52. The second-order valence-corrected chi connectivity index (χ2v) is 6.89. The van der Waals surface area contributed by atoms with Gasteiger partial charge in [-0.05, 0) is 37.6 Å². The van der Waals surface area contributed by atoms with E-state index in [-0.39, 0.29) is 18.4 Å². The maximum atomic E-state index is 12.5. The molecule has 6 nitrogen and oxygen atoms in total. The van der Waals surface area contributed by atoms with Crippen LogP contribution in [0.1, 0.15) is 17.7 Å². The Morgan fingerprint density at radius 3 is 2.67 bits per heavy atom. The lowest BCUT2D eigenvalue weighted by Gasteiger charge is -2.34. The van der Waals surface area contributed by atoms with Crippen LogP contribution in [-0.2, 0) is 16.0 Å². The smallest absolute Gasteiger partial charge is 0.246 e. The SMILES string of the molecule is Cc1ccc(N2CCN(C(=O)CCc3cn4ccccc4n3)CC2=O)cc1. The predicted molar refractivity (Wildman–Crippen MR) is 104 cm³/mol. The van der Waals surface area contributed by atoms with Gasteiger partial charge in [-0.2, -0.15) is 0 Å². The summed E-state index contributed by atoms with van der Waals surface area (Å²) < 4.78 is 1.95. The Morgan fingerprint density at radius 2 is 1.93 bits per heavy atom. The number of pyridine rings is 1. The number of hydrogen-bond acceptors (Lipinski definition) is 3. The molecule has 0 spiro atoms. The monoisotopic (exact) mass is 362 g/mol. The van der Waals surface area contributed by atoms with Crippen molar-refractivity contribution >= 4 is 23.1 Å². The summed E-state index contributed by atoms with van der Waals surface area (Å²) in [6.07, 6.45) is 4.83. The van der Waals surface area contributed by atoms with Crippen LogP contribution < -0.4 is 4.90 Å². The highest BCUT2D eigenvalue weighted by atomic mass is 16.2. The van der Waals surface area contributed by atoms with Crippen LogP contribution in [-0.4, -0.2) is 45.7 Å². The number of hydrogen-bond donors (Lipinski definition) is 0. The van der Waals surface area contributed by atoms with E-state index in [4.69, 9.17) is 0 Å². The van der Waals surface area contributed by atoms with Crippen LogP contribution in [0.4, 0.5) is 5.69 Å². The van der Waals surface area contributed by atoms with Gasteiger partial charge in [-0.15, -0.1) is 0 Å². The first-order chi connectivity index (χ1) is 13.1. The molecule has 0 aliphatic carbocycles. The number of benzene rings is 1. The molecule has 1 aliphatic rings. The van der Waals surface area contributed by atoms with Crippen LogP contribution in [0.2, 0.25) is 0 Å². The Balaban J connectivity index is 1.34. The lowest BCUT2D eigenvalue weighted by atomic mass is 10.1. The molecule has 0 N–H and O–H groups in total. The van der Waals surface area contributed by atoms with Crippen molar-refractivity contribution in [2.45, 2.75) is 19.8 Å². The van der Waals surface area contributed by atoms with Crippen LogP contribution in [0.3, 0.4) is 0 Å². The summed E-state index contributed by atoms with van der Waals surface area (Å²) in [5.41, 5.74) is 3.82. The maximum absolute atomic E-state index is 12.5. The zero-order valence-corrected chi connectivity index (χ0v) is 15.3. The van der Waals surface area contributed by atoms with Gasteiger partial charge in [-0.3, -0.25) is 9.59 Å². The Kier molecular flexibility index (Phi) is 4.62. The predicted octanol–water partition coefficient (Wildman–Crippen LogP) is 2.45. The summed E-state index contributed by atoms with van der Waals surface area (Å²) in [5, 5.41) is 0. The second kappa shape index (κ2) is 7.23. The molecule has 2 aromatic heterocycles. The average Bonchev–Trinajstić information content (AvgIpc) is 3.10. The van der Waals surface area contributed by atoms with Crippen molar-refractivity contribution in [1.82, 2.24) is 14.3 Å². The summed E-state index contributed by atoms with van der Waals surface area (Å²) in [6, 6.07) is 13.7. The molecular weight excluding hydrogens is 340 g/mol. The lowest BCUT2D eigenvalue weighted by molar-refractivity contribution is -0.136. The highest BCUT2D eigenvalue weighted by molar-refractivity contribution is 5.97. The van der Waals surface area contributed by atoms with Gasteiger partial charge in [0.1, 0.15) is 12.2 Å². The first kappa shape index (κ1) is 17.3. The molecule has 1 saturated heterocycles. The van der Waals surface area contributed by atoms with E-state index >= 15 is 0 Å². The third kappa shape index (κ3) is 3.69. The van der Waals surface area contributed by atoms with E-state index in [1.165, 1.54) is 0 Å². The molecule has 2 amide bonds. The molecule has 1 aromatic carbocycles. The minimum Gasteiger partial charge on any atom is -0.332 e. The fraction of sp³-hybridized carbons (Fsp3) is 0.286. The van der Waals surface area contributed by atoms with Crippen molar-refractivity contribution < 1.29 is 9.59 Å². The van der Waals surface area contributed by atoms with Crippen molar-refractivity contribution in [2.24, 2.45) is 0 Å². The first-order valence-corrected chi connectivity index (χ1v) is 9.17. The van der Waals surface area contributed by atoms with E-state index in [0.717, 1.165) is 22.6 Å². The molecule has 3 aromatic rings. The van der Waals surface area contributed by atoms with E-state index in [1.54, 1.807) is 9.80 Å². The highest BCUT2D eigenvalue weighted by Crippen LogP contribution is 2.18. The summed E-state index contributed by atoms with van der Waals surface area (Å²) in [5.74, 6) is -0.0323. The minimum atomic E-state index is -0.0359. The molecule has 0 atom stereocenters. The van der Waals surface area contributed by atoms with Gasteiger partial charge in [0.05, 0.1) is 5.69 Å². The van der Waals surface area contributed by atoms with Crippen molar-refractivity contribution in [1.29, 1.82) is 0 Å². The summed E-state index contributed by atoms with van der Waals surface area (Å²) in [4.78, 5) is 33.0. The van der Waals surface area contributed by atoms with Crippen molar-refractivity contribution in [3.05, 3.63) is 66.1 Å². The number of anilines is 1. The van der Waals surface area contributed by atoms with Gasteiger partial charge in [0, 0.05) is 37.6 Å². The summed E-state index contributed by atoms with van der Waals surface area (Å²) in [6.45, 7) is 3.24. The number of nitrogens with zero attached hydrogens (tertiary/aromatic N) is 4. The standard InChI is InChI=1S/C21H22N4O2/c1-16-5-8-18(9-6-16)25-13-12-24(15-21(25)27)20(26)10-7-17-14-23-11-3-2-4-19(23)22-17/h2-6,8-9,11,14H,7,10,12-13,15H2,1H3. The van der Waals surface area contributed by atoms with Gasteiger partial charge < -0.3 is 14.2 Å². The van der Waals surface area contributed by atoms with Crippen LogP contribution in [0.15, 0.2) is 54.9 Å². The molecule has 1 fully saturated rings. The molecule has 6 heteroatoms. The van der Waals surface area contributed by atoms with Crippen LogP contribution >= 0.6 is 0 Å². The van der Waals surface area contributed by atoms with E-state index in [9.17, 15) is 9.59 Å². The third-order valence-electron chi connectivity index (χ3n) is 4.93. The minimum absolute atomic E-state index is 0.00367. The molecule has 0 saturated carbocycles. The Hall–Kier alpha value is -3.15. The fourth-order valence-corrected chi connectivity index (χ4v) is 3.38. The summed E-state index contributed by atoms with van der Waals surface area (Å²) >= 11 is 0. The van der Waals surface area contributed by atoms with Crippen LogP contribution in [0.25, 0.3) is 5.65 Å². The molecule has 4 rings (SSSR count). The van der Waals surface area contributed by atoms with E-state index in [2.05, 4.69) is 4.98 Å². The largest absolute Gasteiger partial charge is 0.332 e. The van der Waals surface area contributed by atoms with Gasteiger partial charge in [0.2, 0.25) is 11.8 Å². The molecule has 0 radical (unpaired) electrons. The number of imidazole rings is 1. The second-order valence-electron chi connectivity index (χ2n) is 6.89. The van der Waals surface area contributed by atoms with Gasteiger partial charge in [0.15, 0.2) is 0 Å². The van der Waals surface area contributed by atoms with Crippen molar-refractivity contribution in [3.63, 3.8) is 0 Å². The average molecular weight is 362 g/mol. The molecule has 0 unspecified atom stereocenters. The van der Waals surface area contributed by atoms with Crippen molar-refractivity contribution in [2.75, 3.05) is 24.5 Å². The molecule has 3 heterocycles. The van der Waals surface area contributed by atoms with Gasteiger partial charge in [-0.1, -0.05) is 23.8 Å². The van der Waals surface area contributed by atoms with Gasteiger partial charge in [0.25, 0.3) is 0 Å². The number of rotatable bonds is 4. The van der Waals surface area contributed by atoms with Gasteiger partial charge >= 0.3 is 0 Å². The Labute approximate surface area is 158 Å². The molecule has 0 bridgehead atoms. The quantitative estimate of drug-likeness (QED) is 0.716. The molecule has 1 aliphatic heterocycles. The van der Waals surface area contributed by atoms with E-state index in [1.807, 2.05) is 66.2 Å². The van der Waals surface area contributed by atoms with E-state index in [0.29, 0.717) is 25.9 Å². The number of carbonyl (C=O) groups excluding carboxylic acids is 2.